The molecule has 0 spiro atoms. The number of hydrogen-bond acceptors (Lipinski definition) is 4. The van der Waals surface area contributed by atoms with Crippen LogP contribution in [-0.4, -0.2) is 25.6 Å². The molecular weight excluding hydrogens is 330 g/mol. The molecule has 0 N–H and O–H groups in total. The highest BCUT2D eigenvalue weighted by Crippen LogP contribution is 2.42. The van der Waals surface area contributed by atoms with Crippen molar-refractivity contribution < 1.29 is 19.1 Å². The third kappa shape index (κ3) is 2.65. The van der Waals surface area contributed by atoms with Crippen molar-refractivity contribution in [2.24, 2.45) is 0 Å². The normalized spacial score (nSPS) is 19.5. The second-order valence-corrected chi connectivity index (χ2v) is 6.53. The lowest BCUT2D eigenvalue weighted by Crippen LogP contribution is -2.37. The molecule has 4 rings (SSSR count). The van der Waals surface area contributed by atoms with Gasteiger partial charge in [-0.15, -0.1) is 0 Å². The quantitative estimate of drug-likeness (QED) is 0.798. The molecule has 0 aromatic heterocycles. The summed E-state index contributed by atoms with van der Waals surface area (Å²) in [6.45, 7) is 2.12. The summed E-state index contributed by atoms with van der Waals surface area (Å²) in [6, 6.07) is 15.2. The number of cyclic esters (lactones) is 1. The molecule has 1 amide bonds. The second kappa shape index (κ2) is 6.33. The van der Waals surface area contributed by atoms with Gasteiger partial charge in [0.15, 0.2) is 0 Å². The fourth-order valence-electron chi connectivity index (χ4n) is 3.57. The number of hydrogen-bond donors (Lipinski definition) is 0. The van der Waals surface area contributed by atoms with Crippen molar-refractivity contribution in [3.8, 4) is 5.75 Å². The molecule has 1 unspecified atom stereocenters. The lowest BCUT2D eigenvalue weighted by atomic mass is 9.84. The average Bonchev–Trinajstić information content (AvgIpc) is 3.04. The molecule has 132 valence electrons. The summed E-state index contributed by atoms with van der Waals surface area (Å²) in [4.78, 5) is 27.0. The van der Waals surface area contributed by atoms with Crippen LogP contribution in [-0.2, 0) is 14.3 Å². The molecule has 26 heavy (non-hydrogen) atoms. The number of anilines is 1. The summed E-state index contributed by atoms with van der Waals surface area (Å²) in [5.74, 6) is 0.0672. The van der Waals surface area contributed by atoms with Gasteiger partial charge in [-0.25, -0.2) is 4.79 Å². The van der Waals surface area contributed by atoms with Crippen molar-refractivity contribution in [3.63, 3.8) is 0 Å². The first kappa shape index (κ1) is 16.4. The van der Waals surface area contributed by atoms with Crippen molar-refractivity contribution >= 4 is 17.6 Å². The molecule has 2 aromatic rings. The molecule has 5 nitrogen and oxygen atoms in total. The van der Waals surface area contributed by atoms with E-state index in [9.17, 15) is 9.59 Å². The standard InChI is InChI=1S/C21H19NO4/c1-13-3-7-15(8-4-13)22-18-12-26-21(24)20(18)17(11-19(22)23)14-5-9-16(25-2)10-6-14/h3-10,17H,11-12H2,1-2H3. The van der Waals surface area contributed by atoms with E-state index in [4.69, 9.17) is 9.47 Å². The van der Waals surface area contributed by atoms with Gasteiger partial charge in [0.1, 0.15) is 12.4 Å². The second-order valence-electron chi connectivity index (χ2n) is 6.53. The lowest BCUT2D eigenvalue weighted by molar-refractivity contribution is -0.136. The Morgan fingerprint density at radius 1 is 1.04 bits per heavy atom. The Balaban J connectivity index is 1.78. The first-order valence-corrected chi connectivity index (χ1v) is 8.52. The molecule has 0 fully saturated rings. The Hall–Kier alpha value is -3.08. The number of aryl methyl sites for hydroxylation is 1. The smallest absolute Gasteiger partial charge is 0.336 e. The maximum Gasteiger partial charge on any atom is 0.336 e. The van der Waals surface area contributed by atoms with E-state index in [-0.39, 0.29) is 30.8 Å². The molecule has 0 aliphatic carbocycles. The van der Waals surface area contributed by atoms with E-state index in [1.807, 2.05) is 55.5 Å². The molecule has 0 saturated heterocycles. The van der Waals surface area contributed by atoms with Gasteiger partial charge >= 0.3 is 5.97 Å². The molecule has 2 aliphatic rings. The van der Waals surface area contributed by atoms with Crippen LogP contribution < -0.4 is 9.64 Å². The Morgan fingerprint density at radius 2 is 1.73 bits per heavy atom. The molecule has 1 atom stereocenters. The van der Waals surface area contributed by atoms with E-state index < -0.39 is 0 Å². The van der Waals surface area contributed by atoms with Crippen LogP contribution in [0.3, 0.4) is 0 Å². The Morgan fingerprint density at radius 3 is 2.38 bits per heavy atom. The maximum atomic E-state index is 12.9. The van der Waals surface area contributed by atoms with E-state index >= 15 is 0 Å². The van der Waals surface area contributed by atoms with Crippen LogP contribution in [0.25, 0.3) is 0 Å². The minimum Gasteiger partial charge on any atom is -0.497 e. The van der Waals surface area contributed by atoms with Crippen LogP contribution in [0.2, 0.25) is 0 Å². The number of carbonyl (C=O) groups excluding carboxylic acids is 2. The lowest BCUT2D eigenvalue weighted by Gasteiger charge is -2.32. The van der Waals surface area contributed by atoms with Gasteiger partial charge in [-0.1, -0.05) is 29.8 Å². The molecule has 0 saturated carbocycles. The zero-order valence-electron chi connectivity index (χ0n) is 14.7. The van der Waals surface area contributed by atoms with Crippen molar-refractivity contribution in [1.82, 2.24) is 0 Å². The van der Waals surface area contributed by atoms with Crippen molar-refractivity contribution in [2.75, 3.05) is 18.6 Å². The van der Waals surface area contributed by atoms with Gasteiger partial charge in [0.05, 0.1) is 18.4 Å². The van der Waals surface area contributed by atoms with E-state index in [0.29, 0.717) is 11.3 Å². The number of benzene rings is 2. The molecule has 2 aliphatic heterocycles. The van der Waals surface area contributed by atoms with Crippen molar-refractivity contribution in [2.45, 2.75) is 19.3 Å². The maximum absolute atomic E-state index is 12.9. The minimum atomic E-state index is -0.342. The molecule has 0 radical (unpaired) electrons. The number of rotatable bonds is 3. The first-order valence-electron chi connectivity index (χ1n) is 8.52. The highest BCUT2D eigenvalue weighted by molar-refractivity contribution is 6.06. The topological polar surface area (TPSA) is 55.8 Å². The molecule has 5 heteroatoms. The van der Waals surface area contributed by atoms with E-state index in [0.717, 1.165) is 22.6 Å². The monoisotopic (exact) mass is 349 g/mol. The van der Waals surface area contributed by atoms with E-state index in [1.54, 1.807) is 12.0 Å². The van der Waals surface area contributed by atoms with Gasteiger partial charge in [0.2, 0.25) is 5.91 Å². The van der Waals surface area contributed by atoms with Gasteiger partial charge in [0, 0.05) is 18.0 Å². The van der Waals surface area contributed by atoms with Crippen molar-refractivity contribution in [3.05, 3.63) is 70.9 Å². The number of nitrogens with zero attached hydrogens (tertiary/aromatic N) is 1. The van der Waals surface area contributed by atoms with Crippen LogP contribution in [0.4, 0.5) is 5.69 Å². The summed E-state index contributed by atoms with van der Waals surface area (Å²) >= 11 is 0. The molecule has 2 heterocycles. The number of amides is 1. The van der Waals surface area contributed by atoms with Gasteiger partial charge in [0.25, 0.3) is 0 Å². The highest BCUT2D eigenvalue weighted by atomic mass is 16.5. The SMILES string of the molecule is COc1ccc(C2CC(=O)N(c3ccc(C)cc3)C3=C2C(=O)OC3)cc1. The zero-order valence-corrected chi connectivity index (χ0v) is 14.7. The predicted molar refractivity (Wildman–Crippen MR) is 97.0 cm³/mol. The highest BCUT2D eigenvalue weighted by Gasteiger charge is 2.42. The van der Waals surface area contributed by atoms with Gasteiger partial charge in [-0.3, -0.25) is 9.69 Å². The number of esters is 1. The zero-order chi connectivity index (χ0) is 18.3. The Kier molecular flexibility index (Phi) is 3.99. The van der Waals surface area contributed by atoms with Crippen LogP contribution in [0, 0.1) is 6.92 Å². The fraction of sp³-hybridized carbons (Fsp3) is 0.238. The summed E-state index contributed by atoms with van der Waals surface area (Å²) in [6.07, 6.45) is 0.230. The van der Waals surface area contributed by atoms with Crippen LogP contribution in [0.5, 0.6) is 5.75 Å². The summed E-state index contributed by atoms with van der Waals surface area (Å²) in [5.41, 5.74) is 4.02. The van der Waals surface area contributed by atoms with Crippen LogP contribution >= 0.6 is 0 Å². The van der Waals surface area contributed by atoms with E-state index in [1.165, 1.54) is 0 Å². The Labute approximate surface area is 151 Å². The molecule has 0 bridgehead atoms. The largest absolute Gasteiger partial charge is 0.497 e. The van der Waals surface area contributed by atoms with Gasteiger partial charge in [-0.2, -0.15) is 0 Å². The minimum absolute atomic E-state index is 0.0354. The Bertz CT molecular complexity index is 897. The third-order valence-electron chi connectivity index (χ3n) is 4.93. The fourth-order valence-corrected chi connectivity index (χ4v) is 3.57. The average molecular weight is 349 g/mol. The molecule has 2 aromatic carbocycles. The van der Waals surface area contributed by atoms with E-state index in [2.05, 4.69) is 0 Å². The summed E-state index contributed by atoms with van der Waals surface area (Å²) in [5, 5.41) is 0. The predicted octanol–water partition coefficient (Wildman–Crippen LogP) is 3.34. The van der Waals surface area contributed by atoms with Crippen LogP contribution in [0.15, 0.2) is 59.8 Å². The van der Waals surface area contributed by atoms with Crippen LogP contribution in [0.1, 0.15) is 23.5 Å². The molecular formula is C21H19NO4. The van der Waals surface area contributed by atoms with Gasteiger partial charge in [-0.05, 0) is 36.8 Å². The number of carbonyl (C=O) groups is 2. The third-order valence-corrected chi connectivity index (χ3v) is 4.93. The number of ether oxygens (including phenoxy) is 2. The number of methoxy groups -OCH3 is 1. The van der Waals surface area contributed by atoms with Crippen molar-refractivity contribution in [1.29, 1.82) is 0 Å². The van der Waals surface area contributed by atoms with Gasteiger partial charge < -0.3 is 9.47 Å². The summed E-state index contributed by atoms with van der Waals surface area (Å²) < 4.78 is 10.5. The first-order chi connectivity index (χ1) is 12.6. The summed E-state index contributed by atoms with van der Waals surface area (Å²) in [7, 11) is 1.60.